The summed E-state index contributed by atoms with van der Waals surface area (Å²) in [6.45, 7) is 6.81. The van der Waals surface area contributed by atoms with Gasteiger partial charge >= 0.3 is 0 Å². The van der Waals surface area contributed by atoms with Gasteiger partial charge in [-0.3, -0.25) is 0 Å². The van der Waals surface area contributed by atoms with Gasteiger partial charge in [-0.15, -0.1) is 17.9 Å². The minimum absolute atomic E-state index is 0.322. The van der Waals surface area contributed by atoms with Crippen LogP contribution in [0.4, 0.5) is 0 Å². The van der Waals surface area contributed by atoms with Crippen LogP contribution in [0, 0.1) is 0 Å². The average molecular weight is 353 g/mol. The van der Waals surface area contributed by atoms with Crippen LogP contribution in [0.1, 0.15) is 11.8 Å². The third-order valence-electron chi connectivity index (χ3n) is 2.36. The molecular formula is C11H17BrN2O2S2. The van der Waals surface area contributed by atoms with Crippen LogP contribution < -0.4 is 5.32 Å². The summed E-state index contributed by atoms with van der Waals surface area (Å²) in [6, 6.07) is 1.71. The number of hydrogen-bond acceptors (Lipinski definition) is 4. The number of nitrogens with zero attached hydrogens (tertiary/aromatic N) is 1. The Balaban J connectivity index is 3.14. The van der Waals surface area contributed by atoms with Gasteiger partial charge in [0.2, 0.25) is 10.0 Å². The molecule has 0 fully saturated rings. The van der Waals surface area contributed by atoms with Gasteiger partial charge in [0.15, 0.2) is 0 Å². The normalized spacial score (nSPS) is 12.0. The van der Waals surface area contributed by atoms with Crippen molar-refractivity contribution in [1.29, 1.82) is 0 Å². The maximum Gasteiger partial charge on any atom is 0.245 e. The molecule has 0 bridgehead atoms. The lowest BCUT2D eigenvalue weighted by Crippen LogP contribution is -2.30. The van der Waals surface area contributed by atoms with Crippen LogP contribution in [0.5, 0.6) is 0 Å². The smallest absolute Gasteiger partial charge is 0.245 e. The number of hydrogen-bond donors (Lipinski definition) is 1. The highest BCUT2D eigenvalue weighted by atomic mass is 79.9. The number of nitrogens with one attached hydrogen (secondary N) is 1. The quantitative estimate of drug-likeness (QED) is 0.766. The first-order chi connectivity index (χ1) is 8.47. The fourth-order valence-electron chi connectivity index (χ4n) is 1.52. The molecule has 7 heteroatoms. The third-order valence-corrected chi connectivity index (χ3v) is 6.55. The summed E-state index contributed by atoms with van der Waals surface area (Å²) in [4.78, 5) is 1.32. The maximum atomic E-state index is 12.4. The van der Waals surface area contributed by atoms with Crippen LogP contribution >= 0.6 is 27.3 Å². The molecule has 0 saturated carbocycles. The van der Waals surface area contributed by atoms with Gasteiger partial charge in [0.25, 0.3) is 0 Å². The van der Waals surface area contributed by atoms with Gasteiger partial charge in [-0.2, -0.15) is 4.31 Å². The van der Waals surface area contributed by atoms with Gasteiger partial charge in [-0.05, 0) is 29.0 Å². The second-order valence-electron chi connectivity index (χ2n) is 3.63. The Bertz CT molecular complexity index is 511. The molecule has 0 amide bonds. The van der Waals surface area contributed by atoms with Gasteiger partial charge < -0.3 is 5.32 Å². The van der Waals surface area contributed by atoms with Crippen molar-refractivity contribution in [2.45, 2.75) is 18.4 Å². The average Bonchev–Trinajstić information content (AvgIpc) is 2.68. The van der Waals surface area contributed by atoms with Crippen LogP contribution in [-0.2, 0) is 16.6 Å². The molecule has 1 rings (SSSR count). The maximum absolute atomic E-state index is 12.4. The molecule has 1 aromatic rings. The van der Waals surface area contributed by atoms with Gasteiger partial charge in [-0.1, -0.05) is 13.0 Å². The van der Waals surface area contributed by atoms with Gasteiger partial charge in [-0.25, -0.2) is 8.42 Å². The van der Waals surface area contributed by atoms with Gasteiger partial charge in [0, 0.05) is 24.5 Å². The second-order valence-corrected chi connectivity index (χ2v) is 7.99. The second kappa shape index (κ2) is 6.81. The molecule has 0 spiro atoms. The molecule has 0 radical (unpaired) electrons. The molecule has 0 saturated heterocycles. The lowest BCUT2D eigenvalue weighted by Gasteiger charge is -2.18. The zero-order valence-electron chi connectivity index (χ0n) is 10.4. The highest BCUT2D eigenvalue weighted by molar-refractivity contribution is 9.11. The Morgan fingerprint density at radius 3 is 2.78 bits per heavy atom. The molecule has 18 heavy (non-hydrogen) atoms. The molecule has 4 nitrogen and oxygen atoms in total. The van der Waals surface area contributed by atoms with Crippen molar-refractivity contribution < 1.29 is 8.42 Å². The minimum atomic E-state index is -3.44. The van der Waals surface area contributed by atoms with E-state index in [9.17, 15) is 8.42 Å². The lowest BCUT2D eigenvalue weighted by atomic mass is 10.5. The van der Waals surface area contributed by atoms with Crippen molar-refractivity contribution in [2.75, 3.05) is 20.1 Å². The standard InChI is InChI=1S/C11H17BrN2O2S2/c1-4-6-14(5-2)18(15,16)10-7-9(8-13-3)17-11(10)12/h4,7,13H,1,5-6,8H2,2-3H3. The largest absolute Gasteiger partial charge is 0.315 e. The van der Waals surface area contributed by atoms with E-state index in [0.29, 0.717) is 28.3 Å². The van der Waals surface area contributed by atoms with E-state index in [-0.39, 0.29) is 0 Å². The highest BCUT2D eigenvalue weighted by Gasteiger charge is 2.26. The van der Waals surface area contributed by atoms with Gasteiger partial charge in [0.05, 0.1) is 3.79 Å². The summed E-state index contributed by atoms with van der Waals surface area (Å²) < 4.78 is 26.9. The highest BCUT2D eigenvalue weighted by Crippen LogP contribution is 2.33. The van der Waals surface area contributed by atoms with Crippen molar-refractivity contribution >= 4 is 37.3 Å². The molecule has 1 aromatic heterocycles. The number of sulfonamides is 1. The first-order valence-electron chi connectivity index (χ1n) is 5.51. The molecule has 0 aliphatic heterocycles. The molecule has 0 aliphatic rings. The number of halogens is 1. The van der Waals surface area contributed by atoms with Crippen molar-refractivity contribution in [3.8, 4) is 0 Å². The Kier molecular flexibility index (Phi) is 6.00. The zero-order valence-corrected chi connectivity index (χ0v) is 13.7. The van der Waals surface area contributed by atoms with Crippen LogP contribution in [0.2, 0.25) is 0 Å². The SMILES string of the molecule is C=CCN(CC)S(=O)(=O)c1cc(CNC)sc1Br. The summed E-state index contributed by atoms with van der Waals surface area (Å²) in [5.74, 6) is 0. The fraction of sp³-hybridized carbons (Fsp3) is 0.455. The van der Waals surface area contributed by atoms with E-state index in [4.69, 9.17) is 0 Å². The van der Waals surface area contributed by atoms with E-state index in [0.717, 1.165) is 4.88 Å². The Morgan fingerprint density at radius 1 is 1.61 bits per heavy atom. The third kappa shape index (κ3) is 3.42. The fourth-order valence-corrected chi connectivity index (χ4v) is 5.58. The minimum Gasteiger partial charge on any atom is -0.315 e. The Morgan fingerprint density at radius 2 is 2.28 bits per heavy atom. The lowest BCUT2D eigenvalue weighted by molar-refractivity contribution is 0.460. The van der Waals surface area contributed by atoms with E-state index in [1.54, 1.807) is 12.1 Å². The predicted molar refractivity (Wildman–Crippen MR) is 79.4 cm³/mol. The van der Waals surface area contributed by atoms with E-state index in [1.807, 2.05) is 14.0 Å². The molecule has 0 atom stereocenters. The first-order valence-corrected chi connectivity index (χ1v) is 8.56. The number of likely N-dealkylation sites (N-methyl/N-ethyl adjacent to an activating group) is 1. The van der Waals surface area contributed by atoms with E-state index >= 15 is 0 Å². The molecular weight excluding hydrogens is 336 g/mol. The molecule has 0 unspecified atom stereocenters. The molecule has 102 valence electrons. The summed E-state index contributed by atoms with van der Waals surface area (Å²) >= 11 is 4.76. The topological polar surface area (TPSA) is 49.4 Å². The van der Waals surface area contributed by atoms with Crippen LogP contribution in [0.15, 0.2) is 27.4 Å². The zero-order chi connectivity index (χ0) is 13.8. The Labute approximate surface area is 121 Å². The monoisotopic (exact) mass is 352 g/mol. The molecule has 0 aliphatic carbocycles. The van der Waals surface area contributed by atoms with E-state index < -0.39 is 10.0 Å². The predicted octanol–water partition coefficient (Wildman–Crippen LogP) is 2.43. The summed E-state index contributed by atoms with van der Waals surface area (Å²) in [6.07, 6.45) is 1.59. The van der Waals surface area contributed by atoms with Crippen molar-refractivity contribution in [3.05, 3.63) is 27.4 Å². The van der Waals surface area contributed by atoms with Crippen molar-refractivity contribution in [1.82, 2.24) is 9.62 Å². The molecule has 1 N–H and O–H groups in total. The van der Waals surface area contributed by atoms with Crippen LogP contribution in [0.3, 0.4) is 0 Å². The van der Waals surface area contributed by atoms with E-state index in [2.05, 4.69) is 27.8 Å². The van der Waals surface area contributed by atoms with Crippen LogP contribution in [-0.4, -0.2) is 32.9 Å². The molecule has 0 aromatic carbocycles. The summed E-state index contributed by atoms with van der Waals surface area (Å²) in [7, 11) is -1.61. The summed E-state index contributed by atoms with van der Waals surface area (Å²) in [5, 5.41) is 3.01. The summed E-state index contributed by atoms with van der Waals surface area (Å²) in [5.41, 5.74) is 0. The number of thiophene rings is 1. The Hall–Kier alpha value is -0.210. The number of rotatable bonds is 7. The van der Waals surface area contributed by atoms with Crippen LogP contribution in [0.25, 0.3) is 0 Å². The van der Waals surface area contributed by atoms with E-state index in [1.165, 1.54) is 15.6 Å². The first kappa shape index (κ1) is 15.8. The van der Waals surface area contributed by atoms with Crippen molar-refractivity contribution in [3.63, 3.8) is 0 Å². The van der Waals surface area contributed by atoms with Crippen molar-refractivity contribution in [2.24, 2.45) is 0 Å². The molecule has 1 heterocycles. The van der Waals surface area contributed by atoms with Gasteiger partial charge in [0.1, 0.15) is 4.90 Å².